The quantitative estimate of drug-likeness (QED) is 0.472. The lowest BCUT2D eigenvalue weighted by Crippen LogP contribution is -2.17. The minimum atomic E-state index is -4.72. The van der Waals surface area contributed by atoms with Crippen LogP contribution in [0.15, 0.2) is 29.4 Å². The first-order valence-electron chi connectivity index (χ1n) is 3.97. The highest BCUT2D eigenvalue weighted by molar-refractivity contribution is 5.98. The maximum absolute atomic E-state index is 11.9. The number of oxime groups is 1. The standard InChI is InChI=1S/C9H8F3NO2/c1-6(13-14)7-3-2-4-8(5-7)15-9(10,11)12/h2-5,14H,1H3/b13-6-. The monoisotopic (exact) mass is 219 g/mol. The van der Waals surface area contributed by atoms with Gasteiger partial charge in [-0.2, -0.15) is 0 Å². The van der Waals surface area contributed by atoms with Gasteiger partial charge in [0.1, 0.15) is 5.75 Å². The van der Waals surface area contributed by atoms with Gasteiger partial charge < -0.3 is 9.94 Å². The molecule has 1 aromatic rings. The van der Waals surface area contributed by atoms with Crippen LogP contribution in [0.5, 0.6) is 5.75 Å². The van der Waals surface area contributed by atoms with Gasteiger partial charge in [-0.25, -0.2) is 0 Å². The number of ether oxygens (including phenoxy) is 1. The summed E-state index contributed by atoms with van der Waals surface area (Å²) >= 11 is 0. The van der Waals surface area contributed by atoms with Crippen LogP contribution in [-0.4, -0.2) is 17.3 Å². The molecule has 3 nitrogen and oxygen atoms in total. The second-order valence-corrected chi connectivity index (χ2v) is 2.76. The van der Waals surface area contributed by atoms with Crippen LogP contribution in [0.3, 0.4) is 0 Å². The van der Waals surface area contributed by atoms with E-state index in [2.05, 4.69) is 9.89 Å². The van der Waals surface area contributed by atoms with Gasteiger partial charge in [-0.1, -0.05) is 17.3 Å². The Bertz CT molecular complexity index is 374. The van der Waals surface area contributed by atoms with E-state index in [1.165, 1.54) is 25.1 Å². The fourth-order valence-corrected chi connectivity index (χ4v) is 0.976. The molecule has 0 aliphatic rings. The molecule has 1 N–H and O–H groups in total. The molecule has 0 saturated carbocycles. The largest absolute Gasteiger partial charge is 0.573 e. The van der Waals surface area contributed by atoms with Crippen LogP contribution in [0.2, 0.25) is 0 Å². The predicted molar refractivity (Wildman–Crippen MR) is 47.1 cm³/mol. The summed E-state index contributed by atoms with van der Waals surface area (Å²) in [6, 6.07) is 5.20. The smallest absolute Gasteiger partial charge is 0.411 e. The third kappa shape index (κ3) is 3.49. The molecule has 0 aliphatic heterocycles. The first kappa shape index (κ1) is 11.4. The van der Waals surface area contributed by atoms with Gasteiger partial charge in [0.15, 0.2) is 0 Å². The van der Waals surface area contributed by atoms with Crippen molar-refractivity contribution in [3.63, 3.8) is 0 Å². The van der Waals surface area contributed by atoms with E-state index in [1.54, 1.807) is 0 Å². The average molecular weight is 219 g/mol. The van der Waals surface area contributed by atoms with Gasteiger partial charge in [0, 0.05) is 5.56 Å². The molecule has 0 bridgehead atoms. The van der Waals surface area contributed by atoms with Gasteiger partial charge >= 0.3 is 6.36 Å². The Kier molecular flexibility index (Phi) is 3.18. The minimum Gasteiger partial charge on any atom is -0.411 e. The van der Waals surface area contributed by atoms with Crippen molar-refractivity contribution in [1.29, 1.82) is 0 Å². The number of hydrogen-bond donors (Lipinski definition) is 1. The molecule has 0 aromatic heterocycles. The summed E-state index contributed by atoms with van der Waals surface area (Å²) in [6.45, 7) is 1.46. The lowest BCUT2D eigenvalue weighted by atomic mass is 10.1. The molecule has 1 aromatic carbocycles. The van der Waals surface area contributed by atoms with Crippen molar-refractivity contribution in [3.8, 4) is 5.75 Å². The maximum atomic E-state index is 11.9. The van der Waals surface area contributed by atoms with E-state index in [-0.39, 0.29) is 11.5 Å². The molecule has 0 radical (unpaired) electrons. The zero-order valence-electron chi connectivity index (χ0n) is 7.75. The van der Waals surface area contributed by atoms with Gasteiger partial charge in [0.25, 0.3) is 0 Å². The summed E-state index contributed by atoms with van der Waals surface area (Å²) in [5, 5.41) is 11.3. The Morgan fingerprint density at radius 3 is 2.60 bits per heavy atom. The van der Waals surface area contributed by atoms with Gasteiger partial charge in [-0.3, -0.25) is 0 Å². The average Bonchev–Trinajstić information content (AvgIpc) is 2.14. The Labute approximate surface area is 83.8 Å². The minimum absolute atomic E-state index is 0.211. The van der Waals surface area contributed by atoms with E-state index in [4.69, 9.17) is 5.21 Å². The first-order chi connectivity index (χ1) is 6.92. The summed E-state index contributed by atoms with van der Waals surface area (Å²) in [5.74, 6) is -0.344. The first-order valence-corrected chi connectivity index (χ1v) is 3.97. The van der Waals surface area contributed by atoms with Crippen molar-refractivity contribution in [2.24, 2.45) is 5.16 Å². The third-order valence-electron chi connectivity index (χ3n) is 1.64. The maximum Gasteiger partial charge on any atom is 0.573 e. The third-order valence-corrected chi connectivity index (χ3v) is 1.64. The van der Waals surface area contributed by atoms with Crippen molar-refractivity contribution in [3.05, 3.63) is 29.8 Å². The van der Waals surface area contributed by atoms with Gasteiger partial charge in [-0.05, 0) is 19.1 Å². The molecule has 0 spiro atoms. The van der Waals surface area contributed by atoms with Crippen LogP contribution >= 0.6 is 0 Å². The highest BCUT2D eigenvalue weighted by Gasteiger charge is 2.31. The number of halogens is 3. The number of nitrogens with zero attached hydrogens (tertiary/aromatic N) is 1. The second-order valence-electron chi connectivity index (χ2n) is 2.76. The topological polar surface area (TPSA) is 41.8 Å². The van der Waals surface area contributed by atoms with E-state index >= 15 is 0 Å². The lowest BCUT2D eigenvalue weighted by Gasteiger charge is -2.09. The molecule has 0 fully saturated rings. The normalized spacial score (nSPS) is 12.7. The highest BCUT2D eigenvalue weighted by atomic mass is 19.4. The van der Waals surface area contributed by atoms with E-state index in [0.717, 1.165) is 6.07 Å². The summed E-state index contributed by atoms with van der Waals surface area (Å²) in [4.78, 5) is 0. The highest BCUT2D eigenvalue weighted by Crippen LogP contribution is 2.23. The van der Waals surface area contributed by atoms with Crippen molar-refractivity contribution in [2.75, 3.05) is 0 Å². The summed E-state index contributed by atoms with van der Waals surface area (Å²) in [7, 11) is 0. The number of rotatable bonds is 2. The van der Waals surface area contributed by atoms with Crippen molar-refractivity contribution in [2.45, 2.75) is 13.3 Å². The Balaban J connectivity index is 2.93. The van der Waals surface area contributed by atoms with Crippen LogP contribution in [0.25, 0.3) is 0 Å². The molecule has 0 saturated heterocycles. The van der Waals surface area contributed by atoms with Crippen LogP contribution in [0, 0.1) is 0 Å². The molecule has 0 atom stereocenters. The second kappa shape index (κ2) is 4.20. The molecule has 6 heteroatoms. The molecule has 0 unspecified atom stereocenters. The van der Waals surface area contributed by atoms with E-state index in [1.807, 2.05) is 0 Å². The van der Waals surface area contributed by atoms with Crippen LogP contribution in [0.1, 0.15) is 12.5 Å². The van der Waals surface area contributed by atoms with Gasteiger partial charge in [0.05, 0.1) is 5.71 Å². The van der Waals surface area contributed by atoms with Crippen molar-refractivity contribution >= 4 is 5.71 Å². The van der Waals surface area contributed by atoms with E-state index < -0.39 is 6.36 Å². The van der Waals surface area contributed by atoms with E-state index in [9.17, 15) is 13.2 Å². The Morgan fingerprint density at radius 1 is 1.40 bits per heavy atom. The van der Waals surface area contributed by atoms with E-state index in [0.29, 0.717) is 5.56 Å². The molecule has 1 rings (SSSR count). The van der Waals surface area contributed by atoms with Crippen molar-refractivity contribution < 1.29 is 23.1 Å². The fraction of sp³-hybridized carbons (Fsp3) is 0.222. The molecule has 82 valence electrons. The SMILES string of the molecule is C/C(=N/O)c1cccc(OC(F)(F)F)c1. The predicted octanol–water partition coefficient (Wildman–Crippen LogP) is 2.78. The summed E-state index contributed by atoms with van der Waals surface area (Å²) in [6.07, 6.45) is -4.72. The number of alkyl halides is 3. The summed E-state index contributed by atoms with van der Waals surface area (Å²) in [5.41, 5.74) is 0.571. The molecule has 0 heterocycles. The molecular formula is C9H8F3NO2. The van der Waals surface area contributed by atoms with Gasteiger partial charge in [0.2, 0.25) is 0 Å². The van der Waals surface area contributed by atoms with Crippen LogP contribution in [-0.2, 0) is 0 Å². The summed E-state index contributed by atoms with van der Waals surface area (Å²) < 4.78 is 39.3. The zero-order valence-corrected chi connectivity index (χ0v) is 7.75. The molecule has 0 amide bonds. The fourth-order valence-electron chi connectivity index (χ4n) is 0.976. The molecule has 0 aliphatic carbocycles. The molecule has 15 heavy (non-hydrogen) atoms. The Morgan fingerprint density at radius 2 is 2.07 bits per heavy atom. The zero-order chi connectivity index (χ0) is 11.5. The Hall–Kier alpha value is -1.72. The molecular weight excluding hydrogens is 211 g/mol. The van der Waals surface area contributed by atoms with Crippen LogP contribution in [0.4, 0.5) is 13.2 Å². The van der Waals surface area contributed by atoms with Crippen LogP contribution < -0.4 is 4.74 Å². The number of hydrogen-bond acceptors (Lipinski definition) is 3. The van der Waals surface area contributed by atoms with Gasteiger partial charge in [-0.15, -0.1) is 13.2 Å². The van der Waals surface area contributed by atoms with Crippen molar-refractivity contribution in [1.82, 2.24) is 0 Å². The number of benzene rings is 1. The lowest BCUT2D eigenvalue weighted by molar-refractivity contribution is -0.274.